The van der Waals surface area contributed by atoms with Crippen LogP contribution < -0.4 is 5.32 Å². The molecule has 11 N–H and O–H groups in total. The molecule has 0 aromatic heterocycles. The van der Waals surface area contributed by atoms with Gasteiger partial charge >= 0.3 is 0 Å². The number of amides is 1. The van der Waals surface area contributed by atoms with Gasteiger partial charge in [-0.05, 0) is 13.8 Å². The molecule has 268 valence electrons. The highest BCUT2D eigenvalue weighted by Crippen LogP contribution is 2.36. The van der Waals surface area contributed by atoms with E-state index in [0.717, 1.165) is 6.92 Å². The number of carbonyl (C=O) groups excluding carboxylic acids is 1. The van der Waals surface area contributed by atoms with Crippen molar-refractivity contribution in [1.82, 2.24) is 5.32 Å². The number of hydrogen-bond acceptors (Lipinski definition) is 18. The van der Waals surface area contributed by atoms with Crippen molar-refractivity contribution < 1.29 is 89.0 Å². The number of ether oxygens (including phenoxy) is 7. The first-order chi connectivity index (χ1) is 21.6. The lowest BCUT2D eigenvalue weighted by Crippen LogP contribution is -2.69. The van der Waals surface area contributed by atoms with Crippen molar-refractivity contribution in [2.45, 2.75) is 144 Å². The molecule has 20 atom stereocenters. The van der Waals surface area contributed by atoms with Crippen molar-refractivity contribution in [2.75, 3.05) is 13.2 Å². The van der Waals surface area contributed by atoms with Crippen LogP contribution in [0.2, 0.25) is 0 Å². The predicted octanol–water partition coefficient (Wildman–Crippen LogP) is -6.27. The van der Waals surface area contributed by atoms with Crippen molar-refractivity contribution in [2.24, 2.45) is 5.92 Å². The van der Waals surface area contributed by atoms with Gasteiger partial charge in [0.05, 0.1) is 31.5 Å². The van der Waals surface area contributed by atoms with Gasteiger partial charge in [0.25, 0.3) is 0 Å². The largest absolute Gasteiger partial charge is 0.394 e. The van der Waals surface area contributed by atoms with E-state index >= 15 is 0 Å². The zero-order chi connectivity index (χ0) is 34.2. The lowest BCUT2D eigenvalue weighted by molar-refractivity contribution is -0.387. The Hall–Kier alpha value is -1.21. The maximum atomic E-state index is 12.1. The van der Waals surface area contributed by atoms with Crippen molar-refractivity contribution in [3.05, 3.63) is 0 Å². The van der Waals surface area contributed by atoms with Crippen LogP contribution in [0.1, 0.15) is 27.7 Å². The monoisotopic (exact) mass is 673 g/mol. The molecule has 0 aliphatic carbocycles. The number of nitrogens with one attached hydrogen (secondary N) is 1. The Morgan fingerprint density at radius 3 is 1.54 bits per heavy atom. The minimum absolute atomic E-state index is 0.651. The third-order valence-electron chi connectivity index (χ3n) is 8.90. The first-order valence-corrected chi connectivity index (χ1v) is 15.1. The number of hydrogen-bond donors (Lipinski definition) is 11. The molecule has 0 saturated carbocycles. The molecule has 4 rings (SSSR count). The van der Waals surface area contributed by atoms with E-state index in [9.17, 15) is 55.9 Å². The fourth-order valence-corrected chi connectivity index (χ4v) is 6.06. The summed E-state index contributed by atoms with van der Waals surface area (Å²) in [7, 11) is 0. The average Bonchev–Trinajstić information content (AvgIpc) is 3.01. The van der Waals surface area contributed by atoms with Gasteiger partial charge in [0.2, 0.25) is 5.91 Å². The van der Waals surface area contributed by atoms with Crippen LogP contribution in [0, 0.1) is 5.92 Å². The Morgan fingerprint density at radius 1 is 0.587 bits per heavy atom. The molecule has 0 aromatic rings. The maximum Gasteiger partial charge on any atom is 0.217 e. The zero-order valence-corrected chi connectivity index (χ0v) is 25.7. The van der Waals surface area contributed by atoms with Gasteiger partial charge in [-0.15, -0.1) is 0 Å². The normalized spacial score (nSPS) is 51.9. The molecule has 4 fully saturated rings. The van der Waals surface area contributed by atoms with E-state index in [4.69, 9.17) is 33.2 Å². The van der Waals surface area contributed by atoms with Crippen LogP contribution in [0.5, 0.6) is 0 Å². The minimum atomic E-state index is -1.82. The molecule has 1 amide bonds. The van der Waals surface area contributed by atoms with Crippen LogP contribution in [0.25, 0.3) is 0 Å². The standard InChI is InChI=1S/C27H47NO18/c1-7-14(32)11(5-29)43-27(21(7)44-25-19(37)17(35)15(33)8(2)40-25)45-22-12(6-30)42-24(39)13(28-10(4)31)23(22)46-26-20(38)18(36)16(34)9(3)41-26/h7-9,11-27,29-30,32-39H,5-6H2,1-4H3,(H,28,31)/t7?,8-,9?,11-,12?,13?,14+,15+,16+,17?,18-,19?,20?,21?,22+,23+,24+,25-,26-,27-/m0/s1. The van der Waals surface area contributed by atoms with Gasteiger partial charge < -0.3 is 89.5 Å². The first-order valence-electron chi connectivity index (χ1n) is 15.1. The van der Waals surface area contributed by atoms with E-state index in [1.165, 1.54) is 20.8 Å². The Bertz CT molecular complexity index is 996. The van der Waals surface area contributed by atoms with Crippen molar-refractivity contribution in [3.63, 3.8) is 0 Å². The van der Waals surface area contributed by atoms with Crippen LogP contribution in [0.3, 0.4) is 0 Å². The lowest BCUT2D eigenvalue weighted by Gasteiger charge is -2.50. The van der Waals surface area contributed by atoms with Gasteiger partial charge in [-0.3, -0.25) is 4.79 Å². The van der Waals surface area contributed by atoms with E-state index in [2.05, 4.69) is 5.32 Å². The molecule has 0 radical (unpaired) electrons. The van der Waals surface area contributed by atoms with Gasteiger partial charge in [-0.1, -0.05) is 6.92 Å². The highest BCUT2D eigenvalue weighted by Gasteiger charge is 2.55. The molecular weight excluding hydrogens is 626 g/mol. The minimum Gasteiger partial charge on any atom is -0.394 e. The maximum absolute atomic E-state index is 12.1. The van der Waals surface area contributed by atoms with Crippen molar-refractivity contribution in [1.29, 1.82) is 0 Å². The summed E-state index contributed by atoms with van der Waals surface area (Å²) >= 11 is 0. The molecular formula is C27H47NO18. The van der Waals surface area contributed by atoms with Crippen LogP contribution in [-0.4, -0.2) is 187 Å². The topological polar surface area (TPSA) is 296 Å². The summed E-state index contributed by atoms with van der Waals surface area (Å²) in [6, 6.07) is -1.44. The summed E-state index contributed by atoms with van der Waals surface area (Å²) in [5.41, 5.74) is 0. The quantitative estimate of drug-likeness (QED) is 0.108. The molecule has 4 heterocycles. The highest BCUT2D eigenvalue weighted by molar-refractivity contribution is 5.73. The smallest absolute Gasteiger partial charge is 0.217 e. The van der Waals surface area contributed by atoms with E-state index in [1.54, 1.807) is 0 Å². The molecule has 0 spiro atoms. The van der Waals surface area contributed by atoms with Gasteiger partial charge in [-0.2, -0.15) is 0 Å². The number of aliphatic hydroxyl groups excluding tert-OH is 10. The van der Waals surface area contributed by atoms with Crippen LogP contribution in [0.15, 0.2) is 0 Å². The molecule has 0 aromatic carbocycles. The first kappa shape index (κ1) is 37.6. The fraction of sp³-hybridized carbons (Fsp3) is 0.963. The summed E-state index contributed by atoms with van der Waals surface area (Å²) in [6.45, 7) is 4.01. The zero-order valence-electron chi connectivity index (χ0n) is 25.7. The summed E-state index contributed by atoms with van der Waals surface area (Å²) in [6.07, 6.45) is -26.9. The Labute approximate surface area is 264 Å². The van der Waals surface area contributed by atoms with Crippen LogP contribution >= 0.6 is 0 Å². The van der Waals surface area contributed by atoms with Gasteiger partial charge in [0.15, 0.2) is 25.2 Å². The number of aliphatic hydroxyl groups is 10. The Balaban J connectivity index is 1.68. The van der Waals surface area contributed by atoms with Gasteiger partial charge in [-0.25, -0.2) is 0 Å². The van der Waals surface area contributed by atoms with Crippen molar-refractivity contribution >= 4 is 5.91 Å². The molecule has 8 unspecified atom stereocenters. The molecule has 19 heteroatoms. The second-order valence-corrected chi connectivity index (χ2v) is 12.2. The number of rotatable bonds is 9. The second kappa shape index (κ2) is 15.6. The molecule has 46 heavy (non-hydrogen) atoms. The summed E-state index contributed by atoms with van der Waals surface area (Å²) in [5, 5.41) is 106. The molecule has 19 nitrogen and oxygen atoms in total. The fourth-order valence-electron chi connectivity index (χ4n) is 6.06. The summed E-state index contributed by atoms with van der Waals surface area (Å²) in [5.74, 6) is -1.57. The van der Waals surface area contributed by atoms with Crippen LogP contribution in [-0.2, 0) is 38.0 Å². The third-order valence-corrected chi connectivity index (χ3v) is 8.90. The van der Waals surface area contributed by atoms with Crippen molar-refractivity contribution in [3.8, 4) is 0 Å². The predicted molar refractivity (Wildman–Crippen MR) is 146 cm³/mol. The van der Waals surface area contributed by atoms with Crippen LogP contribution in [0.4, 0.5) is 0 Å². The molecule has 0 bridgehead atoms. The molecule has 4 aliphatic heterocycles. The molecule has 4 saturated heterocycles. The highest BCUT2D eigenvalue weighted by atomic mass is 16.8. The van der Waals surface area contributed by atoms with E-state index in [0.29, 0.717) is 0 Å². The average molecular weight is 674 g/mol. The van der Waals surface area contributed by atoms with Gasteiger partial charge in [0.1, 0.15) is 73.2 Å². The Kier molecular flexibility index (Phi) is 12.7. The second-order valence-electron chi connectivity index (χ2n) is 12.2. The third kappa shape index (κ3) is 7.66. The lowest BCUT2D eigenvalue weighted by atomic mass is 9.89. The Morgan fingerprint density at radius 2 is 1.07 bits per heavy atom. The number of carbonyl (C=O) groups is 1. The van der Waals surface area contributed by atoms with E-state index in [1.807, 2.05) is 0 Å². The summed E-state index contributed by atoms with van der Waals surface area (Å²) < 4.78 is 40.7. The van der Waals surface area contributed by atoms with E-state index in [-0.39, 0.29) is 0 Å². The van der Waals surface area contributed by atoms with Gasteiger partial charge in [0, 0.05) is 12.8 Å². The SMILES string of the molecule is CC(=O)NC1[C@H](O)OC(CO)[C@@H](O[C@@H]2O[C@@H](CO)[C@H](O)C(C)C2O[C@@H]2O[C@@H](C)[C@@H](O)C(O)C2O)[C@@H]1O[C@@H]1OC(C)[C@@H](O)[C@H](O)C1O. The molecule has 4 aliphatic rings. The van der Waals surface area contributed by atoms with E-state index < -0.39 is 142 Å². The summed E-state index contributed by atoms with van der Waals surface area (Å²) in [4.78, 5) is 12.1.